The maximum atomic E-state index is 12.8. The minimum atomic E-state index is -0.0604. The van der Waals surface area contributed by atoms with Crippen LogP contribution in [0.4, 0.5) is 11.4 Å². The van der Waals surface area contributed by atoms with Gasteiger partial charge in [0.1, 0.15) is 18.1 Å². The molecular formula is C26H28N2O3. The standard InChI is InChI=1S/C26H28N2O3/c1-18-4-7-20(8-5-18)16-28-22(17-31-25-14-19(2)6-13-24(25)28)15-26(29)27-21-9-11-23(30-3)12-10-21/h4-14,22H,15-17H2,1-3H3,(H,27,29)/t22-/m0/s1. The Labute approximate surface area is 183 Å². The number of carbonyl (C=O) groups excluding carboxylic acids is 1. The summed E-state index contributed by atoms with van der Waals surface area (Å²) in [4.78, 5) is 15.1. The summed E-state index contributed by atoms with van der Waals surface area (Å²) in [6, 6.07) is 22.1. The van der Waals surface area contributed by atoms with Crippen LogP contribution >= 0.6 is 0 Å². The molecule has 5 heteroatoms. The number of benzene rings is 3. The summed E-state index contributed by atoms with van der Waals surface area (Å²) in [5.41, 5.74) is 5.38. The van der Waals surface area contributed by atoms with Crippen LogP contribution in [0.3, 0.4) is 0 Å². The first-order valence-corrected chi connectivity index (χ1v) is 10.5. The number of anilines is 2. The minimum Gasteiger partial charge on any atom is -0.497 e. The fourth-order valence-electron chi connectivity index (χ4n) is 3.82. The lowest BCUT2D eigenvalue weighted by molar-refractivity contribution is -0.116. The molecule has 3 aromatic carbocycles. The topological polar surface area (TPSA) is 50.8 Å². The van der Waals surface area contributed by atoms with Crippen molar-refractivity contribution in [2.75, 3.05) is 23.9 Å². The molecule has 0 unspecified atom stereocenters. The van der Waals surface area contributed by atoms with E-state index in [9.17, 15) is 4.79 Å². The van der Waals surface area contributed by atoms with Gasteiger partial charge in [-0.3, -0.25) is 4.79 Å². The number of hydrogen-bond donors (Lipinski definition) is 1. The van der Waals surface area contributed by atoms with Crippen LogP contribution in [0.2, 0.25) is 0 Å². The van der Waals surface area contributed by atoms with Gasteiger partial charge in [-0.2, -0.15) is 0 Å². The van der Waals surface area contributed by atoms with Crippen LogP contribution in [0, 0.1) is 13.8 Å². The fourth-order valence-corrected chi connectivity index (χ4v) is 3.82. The van der Waals surface area contributed by atoms with Crippen LogP contribution in [0.1, 0.15) is 23.1 Å². The van der Waals surface area contributed by atoms with Crippen LogP contribution in [0.25, 0.3) is 0 Å². The molecule has 4 rings (SSSR count). The average molecular weight is 417 g/mol. The quantitative estimate of drug-likeness (QED) is 0.607. The highest BCUT2D eigenvalue weighted by Crippen LogP contribution is 2.36. The van der Waals surface area contributed by atoms with Crippen molar-refractivity contribution < 1.29 is 14.3 Å². The number of hydrogen-bond acceptors (Lipinski definition) is 4. The van der Waals surface area contributed by atoms with Gasteiger partial charge in [-0.25, -0.2) is 0 Å². The van der Waals surface area contributed by atoms with E-state index in [0.29, 0.717) is 13.0 Å². The zero-order valence-corrected chi connectivity index (χ0v) is 18.2. The molecule has 1 N–H and O–H groups in total. The highest BCUT2D eigenvalue weighted by Gasteiger charge is 2.29. The van der Waals surface area contributed by atoms with Crippen LogP contribution in [-0.4, -0.2) is 25.7 Å². The van der Waals surface area contributed by atoms with E-state index in [4.69, 9.17) is 9.47 Å². The summed E-state index contributed by atoms with van der Waals surface area (Å²) in [5.74, 6) is 1.59. The number of ether oxygens (including phenoxy) is 2. The number of aryl methyl sites for hydroxylation is 2. The third kappa shape index (κ3) is 5.00. The van der Waals surface area contributed by atoms with Crippen molar-refractivity contribution in [2.24, 2.45) is 0 Å². The van der Waals surface area contributed by atoms with Gasteiger partial charge in [0.25, 0.3) is 0 Å². The van der Waals surface area contributed by atoms with E-state index < -0.39 is 0 Å². The largest absolute Gasteiger partial charge is 0.497 e. The van der Waals surface area contributed by atoms with Gasteiger partial charge in [0, 0.05) is 12.2 Å². The molecule has 1 atom stereocenters. The first-order chi connectivity index (χ1) is 15.0. The van der Waals surface area contributed by atoms with E-state index in [1.807, 2.05) is 24.3 Å². The monoisotopic (exact) mass is 416 g/mol. The van der Waals surface area contributed by atoms with E-state index in [1.54, 1.807) is 7.11 Å². The smallest absolute Gasteiger partial charge is 0.226 e. The van der Waals surface area contributed by atoms with Gasteiger partial charge in [-0.05, 0) is 61.4 Å². The first kappa shape index (κ1) is 20.8. The highest BCUT2D eigenvalue weighted by atomic mass is 16.5. The summed E-state index contributed by atoms with van der Waals surface area (Å²) in [5, 5.41) is 2.99. The number of rotatable bonds is 6. The second-order valence-corrected chi connectivity index (χ2v) is 8.03. The molecule has 0 saturated carbocycles. The molecule has 31 heavy (non-hydrogen) atoms. The summed E-state index contributed by atoms with van der Waals surface area (Å²) < 4.78 is 11.2. The van der Waals surface area contributed by atoms with Gasteiger partial charge >= 0.3 is 0 Å². The van der Waals surface area contributed by atoms with Gasteiger partial charge in [0.2, 0.25) is 5.91 Å². The van der Waals surface area contributed by atoms with E-state index in [0.717, 1.165) is 35.0 Å². The Bertz CT molecular complexity index is 1050. The zero-order valence-electron chi connectivity index (χ0n) is 18.2. The lowest BCUT2D eigenvalue weighted by atomic mass is 10.0. The van der Waals surface area contributed by atoms with Gasteiger partial charge in [0.05, 0.1) is 25.3 Å². The molecule has 3 aromatic rings. The molecule has 1 aliphatic rings. The van der Waals surface area contributed by atoms with Gasteiger partial charge in [-0.15, -0.1) is 0 Å². The summed E-state index contributed by atoms with van der Waals surface area (Å²) in [6.45, 7) is 5.34. The Morgan fingerprint density at radius 1 is 1.03 bits per heavy atom. The van der Waals surface area contributed by atoms with Gasteiger partial charge < -0.3 is 19.7 Å². The molecule has 1 heterocycles. The Hall–Kier alpha value is -3.47. The maximum absolute atomic E-state index is 12.8. The molecule has 0 bridgehead atoms. The number of fused-ring (bicyclic) bond motifs is 1. The molecule has 1 aliphatic heterocycles. The van der Waals surface area contributed by atoms with Crippen molar-refractivity contribution >= 4 is 17.3 Å². The fraction of sp³-hybridized carbons (Fsp3) is 0.269. The number of carbonyl (C=O) groups is 1. The Morgan fingerprint density at radius 3 is 2.45 bits per heavy atom. The van der Waals surface area contributed by atoms with E-state index in [-0.39, 0.29) is 11.9 Å². The Morgan fingerprint density at radius 2 is 1.74 bits per heavy atom. The normalized spacial score (nSPS) is 15.1. The SMILES string of the molecule is COc1ccc(NC(=O)C[C@H]2COc3cc(C)ccc3N2Cc2ccc(C)cc2)cc1. The lowest BCUT2D eigenvalue weighted by Gasteiger charge is -2.38. The predicted octanol–water partition coefficient (Wildman–Crippen LogP) is 5.11. The second kappa shape index (κ2) is 9.13. The molecule has 160 valence electrons. The number of nitrogens with one attached hydrogen (secondary N) is 1. The molecule has 0 aliphatic carbocycles. The third-order valence-electron chi connectivity index (χ3n) is 5.57. The van der Waals surface area contributed by atoms with Crippen molar-refractivity contribution in [3.05, 3.63) is 83.4 Å². The Balaban J connectivity index is 1.53. The van der Waals surface area contributed by atoms with Gasteiger partial charge in [-0.1, -0.05) is 35.9 Å². The number of methoxy groups -OCH3 is 1. The van der Waals surface area contributed by atoms with Crippen LogP contribution < -0.4 is 19.7 Å². The predicted molar refractivity (Wildman–Crippen MR) is 124 cm³/mol. The molecule has 0 saturated heterocycles. The molecule has 0 fully saturated rings. The van der Waals surface area contributed by atoms with Crippen LogP contribution in [0.15, 0.2) is 66.7 Å². The summed E-state index contributed by atoms with van der Waals surface area (Å²) in [6.07, 6.45) is 0.338. The number of nitrogens with zero attached hydrogens (tertiary/aromatic N) is 1. The Kier molecular flexibility index (Phi) is 6.12. The van der Waals surface area contributed by atoms with Crippen LogP contribution in [-0.2, 0) is 11.3 Å². The van der Waals surface area contributed by atoms with Crippen molar-refractivity contribution in [1.29, 1.82) is 0 Å². The average Bonchev–Trinajstić information content (AvgIpc) is 2.77. The summed E-state index contributed by atoms with van der Waals surface area (Å²) >= 11 is 0. The maximum Gasteiger partial charge on any atom is 0.226 e. The molecular weight excluding hydrogens is 388 g/mol. The van der Waals surface area contributed by atoms with E-state index in [1.165, 1.54) is 11.1 Å². The molecule has 5 nitrogen and oxygen atoms in total. The van der Waals surface area contributed by atoms with Crippen molar-refractivity contribution in [3.8, 4) is 11.5 Å². The third-order valence-corrected chi connectivity index (χ3v) is 5.57. The highest BCUT2D eigenvalue weighted by molar-refractivity contribution is 5.91. The second-order valence-electron chi connectivity index (χ2n) is 8.03. The zero-order chi connectivity index (χ0) is 21.8. The molecule has 0 aromatic heterocycles. The number of amides is 1. The van der Waals surface area contributed by atoms with E-state index in [2.05, 4.69) is 66.5 Å². The molecule has 0 radical (unpaired) electrons. The van der Waals surface area contributed by atoms with E-state index >= 15 is 0 Å². The van der Waals surface area contributed by atoms with Crippen LogP contribution in [0.5, 0.6) is 11.5 Å². The van der Waals surface area contributed by atoms with Crippen molar-refractivity contribution in [3.63, 3.8) is 0 Å². The lowest BCUT2D eigenvalue weighted by Crippen LogP contribution is -2.44. The van der Waals surface area contributed by atoms with Crippen molar-refractivity contribution in [2.45, 2.75) is 32.9 Å². The first-order valence-electron chi connectivity index (χ1n) is 10.5. The molecule has 0 spiro atoms. The minimum absolute atomic E-state index is 0.0387. The van der Waals surface area contributed by atoms with Gasteiger partial charge in [0.15, 0.2) is 0 Å². The molecule has 1 amide bonds. The van der Waals surface area contributed by atoms with Crippen molar-refractivity contribution in [1.82, 2.24) is 0 Å². The summed E-state index contributed by atoms with van der Waals surface area (Å²) in [7, 11) is 1.62.